The summed E-state index contributed by atoms with van der Waals surface area (Å²) in [5, 5.41) is 0. The predicted octanol–water partition coefficient (Wildman–Crippen LogP) is 4.94. The maximum absolute atomic E-state index is 5.85. The van der Waals surface area contributed by atoms with Gasteiger partial charge in [-0.05, 0) is 43.9 Å². The Kier molecular flexibility index (Phi) is 4.90. The topological polar surface area (TPSA) is 9.23 Å². The summed E-state index contributed by atoms with van der Waals surface area (Å²) in [6, 6.07) is 0. The Morgan fingerprint density at radius 1 is 0.941 bits per heavy atom. The first-order chi connectivity index (χ1) is 8.29. The fourth-order valence-electron chi connectivity index (χ4n) is 4.26. The summed E-state index contributed by atoms with van der Waals surface area (Å²) in [7, 11) is 1.93. The van der Waals surface area contributed by atoms with Crippen LogP contribution in [0, 0.1) is 11.8 Å². The zero-order valence-electron chi connectivity index (χ0n) is 11.8. The van der Waals surface area contributed by atoms with Crippen LogP contribution < -0.4 is 0 Å². The van der Waals surface area contributed by atoms with E-state index in [1.165, 1.54) is 70.6 Å². The minimum atomic E-state index is 0.250. The van der Waals surface area contributed by atoms with Crippen LogP contribution in [0.2, 0.25) is 0 Å². The standard InChI is InChI=1S/C16H30O/c1-3-11-16(17-2)12-9-15(10-13-16)14-7-5-4-6-8-14/h14-15H,3-13H2,1-2H3/t15-,16-. The third-order valence-corrected chi connectivity index (χ3v) is 5.40. The average Bonchev–Trinajstić information content (AvgIpc) is 2.41. The molecule has 0 amide bonds. The van der Waals surface area contributed by atoms with Crippen LogP contribution in [0.25, 0.3) is 0 Å². The molecule has 17 heavy (non-hydrogen) atoms. The molecule has 0 heterocycles. The molecule has 0 saturated heterocycles. The smallest absolute Gasteiger partial charge is 0.0678 e. The van der Waals surface area contributed by atoms with Gasteiger partial charge in [0.05, 0.1) is 5.60 Å². The van der Waals surface area contributed by atoms with Gasteiger partial charge in [0.15, 0.2) is 0 Å². The average molecular weight is 238 g/mol. The molecule has 0 spiro atoms. The van der Waals surface area contributed by atoms with E-state index in [4.69, 9.17) is 4.74 Å². The lowest BCUT2D eigenvalue weighted by atomic mass is 9.69. The molecule has 0 aliphatic heterocycles. The monoisotopic (exact) mass is 238 g/mol. The zero-order chi connectivity index (χ0) is 12.1. The van der Waals surface area contributed by atoms with E-state index in [2.05, 4.69) is 6.92 Å². The summed E-state index contributed by atoms with van der Waals surface area (Å²) in [5.74, 6) is 2.08. The summed E-state index contributed by atoms with van der Waals surface area (Å²) in [6.45, 7) is 2.29. The maximum Gasteiger partial charge on any atom is 0.0678 e. The molecule has 100 valence electrons. The number of methoxy groups -OCH3 is 1. The second kappa shape index (κ2) is 6.22. The number of ether oxygens (including phenoxy) is 1. The second-order valence-corrected chi connectivity index (χ2v) is 6.37. The Labute approximate surface area is 107 Å². The van der Waals surface area contributed by atoms with Crippen LogP contribution in [0.5, 0.6) is 0 Å². The SMILES string of the molecule is CCC[C@]1(OC)CC[C@H](C2CCCCC2)CC1. The molecule has 0 unspecified atom stereocenters. The van der Waals surface area contributed by atoms with Crippen LogP contribution >= 0.6 is 0 Å². The molecule has 2 aliphatic carbocycles. The van der Waals surface area contributed by atoms with Gasteiger partial charge >= 0.3 is 0 Å². The number of hydrogen-bond acceptors (Lipinski definition) is 1. The van der Waals surface area contributed by atoms with Crippen molar-refractivity contribution in [3.05, 3.63) is 0 Å². The molecule has 2 saturated carbocycles. The van der Waals surface area contributed by atoms with Crippen molar-refractivity contribution in [2.45, 2.75) is 83.2 Å². The molecule has 0 aromatic heterocycles. The van der Waals surface area contributed by atoms with Gasteiger partial charge in [-0.2, -0.15) is 0 Å². The number of rotatable bonds is 4. The minimum absolute atomic E-state index is 0.250. The highest BCUT2D eigenvalue weighted by Crippen LogP contribution is 2.43. The third kappa shape index (κ3) is 3.24. The third-order valence-electron chi connectivity index (χ3n) is 5.40. The first-order valence-electron chi connectivity index (χ1n) is 7.85. The lowest BCUT2D eigenvalue weighted by molar-refractivity contribution is -0.0622. The Morgan fingerprint density at radius 3 is 2.06 bits per heavy atom. The van der Waals surface area contributed by atoms with Gasteiger partial charge < -0.3 is 4.74 Å². The first-order valence-corrected chi connectivity index (χ1v) is 7.85. The van der Waals surface area contributed by atoms with E-state index in [0.29, 0.717) is 0 Å². The van der Waals surface area contributed by atoms with E-state index in [9.17, 15) is 0 Å². The van der Waals surface area contributed by atoms with Crippen LogP contribution in [0.15, 0.2) is 0 Å². The molecular formula is C16H30O. The Bertz CT molecular complexity index is 210. The van der Waals surface area contributed by atoms with Gasteiger partial charge in [-0.3, -0.25) is 0 Å². The fourth-order valence-corrected chi connectivity index (χ4v) is 4.26. The molecule has 0 aromatic carbocycles. The summed E-state index contributed by atoms with van der Waals surface area (Å²) in [4.78, 5) is 0. The van der Waals surface area contributed by atoms with E-state index in [1.807, 2.05) is 7.11 Å². The highest BCUT2D eigenvalue weighted by Gasteiger charge is 2.37. The van der Waals surface area contributed by atoms with Gasteiger partial charge in [0.1, 0.15) is 0 Å². The second-order valence-electron chi connectivity index (χ2n) is 6.37. The molecule has 2 aliphatic rings. The molecule has 0 atom stereocenters. The predicted molar refractivity (Wildman–Crippen MR) is 73.2 cm³/mol. The maximum atomic E-state index is 5.85. The number of hydrogen-bond donors (Lipinski definition) is 0. The van der Waals surface area contributed by atoms with Crippen molar-refractivity contribution >= 4 is 0 Å². The highest BCUT2D eigenvalue weighted by molar-refractivity contribution is 4.89. The fraction of sp³-hybridized carbons (Fsp3) is 1.00. The van der Waals surface area contributed by atoms with Gasteiger partial charge in [-0.15, -0.1) is 0 Å². The first kappa shape index (κ1) is 13.4. The van der Waals surface area contributed by atoms with E-state index in [0.717, 1.165) is 11.8 Å². The molecule has 0 aromatic rings. The van der Waals surface area contributed by atoms with Crippen molar-refractivity contribution in [1.82, 2.24) is 0 Å². The van der Waals surface area contributed by atoms with E-state index in [1.54, 1.807) is 0 Å². The van der Waals surface area contributed by atoms with Crippen LogP contribution in [0.1, 0.15) is 77.6 Å². The summed E-state index contributed by atoms with van der Waals surface area (Å²) < 4.78 is 5.85. The molecule has 0 radical (unpaired) electrons. The van der Waals surface area contributed by atoms with Gasteiger partial charge in [0.2, 0.25) is 0 Å². The summed E-state index contributed by atoms with van der Waals surface area (Å²) >= 11 is 0. The van der Waals surface area contributed by atoms with Gasteiger partial charge in [0.25, 0.3) is 0 Å². The molecule has 0 N–H and O–H groups in total. The Morgan fingerprint density at radius 2 is 1.53 bits per heavy atom. The lowest BCUT2D eigenvalue weighted by Crippen LogP contribution is -2.38. The van der Waals surface area contributed by atoms with Gasteiger partial charge in [0, 0.05) is 7.11 Å². The molecule has 0 bridgehead atoms. The van der Waals surface area contributed by atoms with Crippen molar-refractivity contribution in [2.75, 3.05) is 7.11 Å². The molecule has 1 nitrogen and oxygen atoms in total. The Hall–Kier alpha value is -0.0400. The van der Waals surface area contributed by atoms with E-state index >= 15 is 0 Å². The molecule has 1 heteroatoms. The summed E-state index contributed by atoms with van der Waals surface area (Å²) in [6.07, 6.45) is 15.5. The molecule has 2 rings (SSSR count). The Balaban J connectivity index is 1.83. The van der Waals surface area contributed by atoms with Crippen molar-refractivity contribution in [3.63, 3.8) is 0 Å². The largest absolute Gasteiger partial charge is 0.378 e. The van der Waals surface area contributed by atoms with Gasteiger partial charge in [-0.25, -0.2) is 0 Å². The van der Waals surface area contributed by atoms with Crippen LogP contribution in [-0.2, 0) is 4.74 Å². The van der Waals surface area contributed by atoms with E-state index in [-0.39, 0.29) is 5.60 Å². The quantitative estimate of drug-likeness (QED) is 0.674. The lowest BCUT2D eigenvalue weighted by Gasteiger charge is -2.42. The summed E-state index contributed by atoms with van der Waals surface area (Å²) in [5.41, 5.74) is 0.250. The van der Waals surface area contributed by atoms with Crippen molar-refractivity contribution < 1.29 is 4.74 Å². The minimum Gasteiger partial charge on any atom is -0.378 e. The molecule has 2 fully saturated rings. The highest BCUT2D eigenvalue weighted by atomic mass is 16.5. The van der Waals surface area contributed by atoms with Crippen LogP contribution in [-0.4, -0.2) is 12.7 Å². The normalized spacial score (nSPS) is 36.0. The zero-order valence-corrected chi connectivity index (χ0v) is 11.8. The van der Waals surface area contributed by atoms with E-state index < -0.39 is 0 Å². The molecular weight excluding hydrogens is 208 g/mol. The van der Waals surface area contributed by atoms with Crippen molar-refractivity contribution in [3.8, 4) is 0 Å². The van der Waals surface area contributed by atoms with Crippen LogP contribution in [0.3, 0.4) is 0 Å². The van der Waals surface area contributed by atoms with Crippen molar-refractivity contribution in [2.24, 2.45) is 11.8 Å². The van der Waals surface area contributed by atoms with Gasteiger partial charge in [-0.1, -0.05) is 45.4 Å². The van der Waals surface area contributed by atoms with Crippen molar-refractivity contribution in [1.29, 1.82) is 0 Å². The van der Waals surface area contributed by atoms with Crippen LogP contribution in [0.4, 0.5) is 0 Å².